The Balaban J connectivity index is 2.00. The predicted molar refractivity (Wildman–Crippen MR) is 122 cm³/mol. The SMILES string of the molecule is CCOP(=O)(Cc1ccc(C(=O)N[C@H](C/C=C/c2ccccc2)C(N)=O)cc1)OCC. The minimum atomic E-state index is -3.22. The summed E-state index contributed by atoms with van der Waals surface area (Å²) in [6.07, 6.45) is 4.06. The Morgan fingerprint density at radius 1 is 1.03 bits per heavy atom. The first kappa shape index (κ1) is 24.5. The topological polar surface area (TPSA) is 108 Å². The van der Waals surface area contributed by atoms with E-state index < -0.39 is 25.5 Å². The highest BCUT2D eigenvalue weighted by molar-refractivity contribution is 7.53. The van der Waals surface area contributed by atoms with Crippen LogP contribution < -0.4 is 11.1 Å². The first-order valence-corrected chi connectivity index (χ1v) is 11.9. The average molecular weight is 444 g/mol. The third kappa shape index (κ3) is 8.13. The quantitative estimate of drug-likeness (QED) is 0.479. The van der Waals surface area contributed by atoms with E-state index in [4.69, 9.17) is 14.8 Å². The van der Waals surface area contributed by atoms with E-state index in [1.165, 1.54) is 0 Å². The fraction of sp³-hybridized carbons (Fsp3) is 0.304. The maximum Gasteiger partial charge on any atom is 0.335 e. The molecule has 2 aromatic rings. The standard InChI is InChI=1S/C23H29N2O5P/c1-3-29-31(28,30-4-2)17-19-13-15-20(16-14-19)23(27)25-21(22(24)26)12-8-11-18-9-6-5-7-10-18/h5-11,13-16,21H,3-4,12,17H2,1-2H3,(H2,24,26)(H,25,27)/b11-8+/t21-/m1/s1. The summed E-state index contributed by atoms with van der Waals surface area (Å²) in [5.41, 5.74) is 7.52. The number of carbonyl (C=O) groups excluding carboxylic acids is 2. The van der Waals surface area contributed by atoms with Gasteiger partial charge in [-0.2, -0.15) is 0 Å². The van der Waals surface area contributed by atoms with Crippen molar-refractivity contribution in [1.29, 1.82) is 0 Å². The van der Waals surface area contributed by atoms with Crippen LogP contribution >= 0.6 is 7.60 Å². The maximum absolute atomic E-state index is 12.6. The Morgan fingerprint density at radius 2 is 1.65 bits per heavy atom. The van der Waals surface area contributed by atoms with Crippen LogP contribution in [0.2, 0.25) is 0 Å². The first-order valence-electron chi connectivity index (χ1n) is 10.2. The van der Waals surface area contributed by atoms with Gasteiger partial charge in [0.15, 0.2) is 0 Å². The molecular formula is C23H29N2O5P. The second-order valence-electron chi connectivity index (χ2n) is 6.78. The molecule has 0 unspecified atom stereocenters. The molecule has 0 saturated heterocycles. The van der Waals surface area contributed by atoms with Gasteiger partial charge in [-0.25, -0.2) is 0 Å². The lowest BCUT2D eigenvalue weighted by Crippen LogP contribution is -2.44. The molecule has 0 aliphatic carbocycles. The summed E-state index contributed by atoms with van der Waals surface area (Å²) in [6.45, 7) is 4.07. The lowest BCUT2D eigenvalue weighted by molar-refractivity contribution is -0.119. The molecule has 0 aliphatic heterocycles. The summed E-state index contributed by atoms with van der Waals surface area (Å²) in [5, 5.41) is 2.66. The summed E-state index contributed by atoms with van der Waals surface area (Å²) < 4.78 is 23.2. The van der Waals surface area contributed by atoms with Gasteiger partial charge in [-0.3, -0.25) is 14.2 Å². The molecule has 8 heteroatoms. The van der Waals surface area contributed by atoms with E-state index in [1.807, 2.05) is 36.4 Å². The Kier molecular flexibility index (Phi) is 9.66. The molecule has 3 N–H and O–H groups in total. The molecule has 1 atom stereocenters. The highest BCUT2D eigenvalue weighted by Gasteiger charge is 2.24. The Bertz CT molecular complexity index is 919. The molecule has 0 aliphatic rings. The Morgan fingerprint density at radius 3 is 2.19 bits per heavy atom. The first-order chi connectivity index (χ1) is 14.9. The molecule has 2 aromatic carbocycles. The van der Waals surface area contributed by atoms with Gasteiger partial charge in [-0.05, 0) is 43.5 Å². The van der Waals surface area contributed by atoms with Crippen molar-refractivity contribution in [2.45, 2.75) is 32.5 Å². The van der Waals surface area contributed by atoms with Crippen LogP contribution in [0.4, 0.5) is 0 Å². The van der Waals surface area contributed by atoms with Gasteiger partial charge in [0.25, 0.3) is 5.91 Å². The largest absolute Gasteiger partial charge is 0.368 e. The monoisotopic (exact) mass is 444 g/mol. The van der Waals surface area contributed by atoms with Crippen LogP contribution in [-0.2, 0) is 24.6 Å². The van der Waals surface area contributed by atoms with E-state index in [0.29, 0.717) is 5.56 Å². The van der Waals surface area contributed by atoms with Crippen LogP contribution in [-0.4, -0.2) is 31.1 Å². The summed E-state index contributed by atoms with van der Waals surface area (Å²) in [7, 11) is -3.22. The van der Waals surface area contributed by atoms with E-state index >= 15 is 0 Å². The Labute approximate surface area is 183 Å². The van der Waals surface area contributed by atoms with Gasteiger partial charge in [0, 0.05) is 5.56 Å². The van der Waals surface area contributed by atoms with E-state index in [1.54, 1.807) is 44.2 Å². The number of primary amides is 1. The molecular weight excluding hydrogens is 415 g/mol. The molecule has 0 saturated carbocycles. The van der Waals surface area contributed by atoms with Gasteiger partial charge in [-0.1, -0.05) is 54.6 Å². The molecule has 0 radical (unpaired) electrons. The van der Waals surface area contributed by atoms with E-state index in [-0.39, 0.29) is 25.8 Å². The Hall–Kier alpha value is -2.73. The van der Waals surface area contributed by atoms with Gasteiger partial charge in [-0.15, -0.1) is 0 Å². The second-order valence-corrected chi connectivity index (χ2v) is 8.83. The normalized spacial score (nSPS) is 12.6. The van der Waals surface area contributed by atoms with Gasteiger partial charge >= 0.3 is 7.60 Å². The van der Waals surface area contributed by atoms with E-state index in [0.717, 1.165) is 11.1 Å². The molecule has 2 amide bonds. The minimum absolute atomic E-state index is 0.116. The molecule has 166 valence electrons. The molecule has 0 heterocycles. The highest BCUT2D eigenvalue weighted by Crippen LogP contribution is 2.51. The lowest BCUT2D eigenvalue weighted by Gasteiger charge is -2.17. The number of amides is 2. The van der Waals surface area contributed by atoms with Gasteiger partial charge in [0.2, 0.25) is 5.91 Å². The minimum Gasteiger partial charge on any atom is -0.368 e. The van der Waals surface area contributed by atoms with Crippen LogP contribution in [0.5, 0.6) is 0 Å². The lowest BCUT2D eigenvalue weighted by atomic mass is 10.1. The molecule has 0 fully saturated rings. The number of carbonyl (C=O) groups is 2. The average Bonchev–Trinajstić information content (AvgIpc) is 2.74. The van der Waals surface area contributed by atoms with Crippen molar-refractivity contribution in [3.05, 3.63) is 77.4 Å². The van der Waals surface area contributed by atoms with E-state index in [2.05, 4.69) is 5.32 Å². The van der Waals surface area contributed by atoms with Crippen molar-refractivity contribution in [2.24, 2.45) is 5.73 Å². The molecule has 2 rings (SSSR count). The smallest absolute Gasteiger partial charge is 0.335 e. The van der Waals surface area contributed by atoms with Crippen LogP contribution in [0.25, 0.3) is 6.08 Å². The van der Waals surface area contributed by atoms with Crippen molar-refractivity contribution < 1.29 is 23.2 Å². The van der Waals surface area contributed by atoms with Gasteiger partial charge < -0.3 is 20.1 Å². The van der Waals surface area contributed by atoms with Gasteiger partial charge in [0.1, 0.15) is 6.04 Å². The number of hydrogen-bond donors (Lipinski definition) is 2. The summed E-state index contributed by atoms with van der Waals surface area (Å²) in [4.78, 5) is 24.3. The van der Waals surface area contributed by atoms with Crippen LogP contribution in [0.1, 0.15) is 41.8 Å². The number of hydrogen-bond acceptors (Lipinski definition) is 5. The molecule has 0 aromatic heterocycles. The number of benzene rings is 2. The number of nitrogens with two attached hydrogens (primary N) is 1. The summed E-state index contributed by atoms with van der Waals surface area (Å²) in [5.74, 6) is -1.03. The van der Waals surface area contributed by atoms with E-state index in [9.17, 15) is 14.2 Å². The molecule has 0 spiro atoms. The summed E-state index contributed by atoms with van der Waals surface area (Å²) in [6, 6.07) is 15.4. The van der Waals surface area contributed by atoms with Crippen molar-refractivity contribution in [1.82, 2.24) is 5.32 Å². The predicted octanol–water partition coefficient (Wildman–Crippen LogP) is 4.14. The van der Waals surface area contributed by atoms with Crippen molar-refractivity contribution in [3.8, 4) is 0 Å². The second kappa shape index (κ2) is 12.2. The van der Waals surface area contributed by atoms with Crippen LogP contribution in [0.3, 0.4) is 0 Å². The third-order valence-corrected chi connectivity index (χ3v) is 6.43. The fourth-order valence-electron chi connectivity index (χ4n) is 2.90. The molecule has 31 heavy (non-hydrogen) atoms. The third-order valence-electron chi connectivity index (χ3n) is 4.37. The molecule has 7 nitrogen and oxygen atoms in total. The zero-order valence-electron chi connectivity index (χ0n) is 17.8. The zero-order valence-corrected chi connectivity index (χ0v) is 18.7. The summed E-state index contributed by atoms with van der Waals surface area (Å²) >= 11 is 0. The van der Waals surface area contributed by atoms with Crippen LogP contribution in [0, 0.1) is 0 Å². The number of nitrogens with one attached hydrogen (secondary N) is 1. The number of rotatable bonds is 12. The highest BCUT2D eigenvalue weighted by atomic mass is 31.2. The molecule has 0 bridgehead atoms. The maximum atomic E-state index is 12.6. The fourth-order valence-corrected chi connectivity index (χ4v) is 4.60. The van der Waals surface area contributed by atoms with Crippen molar-refractivity contribution in [3.63, 3.8) is 0 Å². The zero-order chi connectivity index (χ0) is 22.7. The van der Waals surface area contributed by atoms with Crippen molar-refractivity contribution >= 4 is 25.5 Å². The van der Waals surface area contributed by atoms with Crippen molar-refractivity contribution in [2.75, 3.05) is 13.2 Å². The van der Waals surface area contributed by atoms with Crippen LogP contribution in [0.15, 0.2) is 60.7 Å². The van der Waals surface area contributed by atoms with Gasteiger partial charge in [0.05, 0.1) is 19.4 Å².